The normalized spacial score (nSPS) is 27.4. The van der Waals surface area contributed by atoms with E-state index in [1.54, 1.807) is 6.92 Å². The van der Waals surface area contributed by atoms with Crippen LogP contribution >= 0.6 is 0 Å². The SMILES string of the molecule is CC1Oc2ccc(NC3CCC(C)(C)C3)cc2NC1=O. The summed E-state index contributed by atoms with van der Waals surface area (Å²) in [6.45, 7) is 6.39. The maximum atomic E-state index is 11.6. The highest BCUT2D eigenvalue weighted by molar-refractivity contribution is 5.98. The summed E-state index contributed by atoms with van der Waals surface area (Å²) in [7, 11) is 0. The molecule has 2 N–H and O–H groups in total. The summed E-state index contributed by atoms with van der Waals surface area (Å²) in [6, 6.07) is 6.43. The second-order valence-corrected chi connectivity index (χ2v) is 6.71. The van der Waals surface area contributed by atoms with Gasteiger partial charge in [-0.2, -0.15) is 0 Å². The van der Waals surface area contributed by atoms with Gasteiger partial charge in [-0.05, 0) is 49.8 Å². The van der Waals surface area contributed by atoms with Crippen molar-refractivity contribution in [3.05, 3.63) is 18.2 Å². The fourth-order valence-electron chi connectivity index (χ4n) is 3.09. The first kappa shape index (κ1) is 13.3. The van der Waals surface area contributed by atoms with Gasteiger partial charge < -0.3 is 15.4 Å². The van der Waals surface area contributed by atoms with Crippen LogP contribution < -0.4 is 15.4 Å². The van der Waals surface area contributed by atoms with Gasteiger partial charge in [0.15, 0.2) is 6.10 Å². The number of nitrogens with one attached hydrogen (secondary N) is 2. The van der Waals surface area contributed by atoms with Gasteiger partial charge in [0, 0.05) is 11.7 Å². The summed E-state index contributed by atoms with van der Waals surface area (Å²) in [5.74, 6) is 0.658. The molecule has 0 radical (unpaired) electrons. The molecule has 1 amide bonds. The molecule has 1 aromatic carbocycles. The van der Waals surface area contributed by atoms with Crippen molar-refractivity contribution in [3.8, 4) is 5.75 Å². The average Bonchev–Trinajstić information content (AvgIpc) is 2.70. The van der Waals surface area contributed by atoms with E-state index < -0.39 is 6.10 Å². The highest BCUT2D eigenvalue weighted by Gasteiger charge is 2.31. The summed E-state index contributed by atoms with van der Waals surface area (Å²) in [6.07, 6.45) is 3.22. The Morgan fingerprint density at radius 2 is 2.20 bits per heavy atom. The Balaban J connectivity index is 1.73. The van der Waals surface area contributed by atoms with E-state index in [2.05, 4.69) is 24.5 Å². The van der Waals surface area contributed by atoms with Crippen LogP contribution in [0, 0.1) is 5.41 Å². The minimum Gasteiger partial charge on any atom is -0.479 e. The van der Waals surface area contributed by atoms with Gasteiger partial charge in [0.25, 0.3) is 5.91 Å². The van der Waals surface area contributed by atoms with Gasteiger partial charge in [-0.25, -0.2) is 0 Å². The molecular weight excluding hydrogens is 252 g/mol. The first-order chi connectivity index (χ1) is 9.43. The van der Waals surface area contributed by atoms with Gasteiger partial charge >= 0.3 is 0 Å². The molecule has 0 spiro atoms. The third-order valence-corrected chi connectivity index (χ3v) is 4.25. The van der Waals surface area contributed by atoms with E-state index in [1.807, 2.05) is 18.2 Å². The molecule has 2 atom stereocenters. The number of hydrogen-bond donors (Lipinski definition) is 2. The molecule has 0 saturated heterocycles. The van der Waals surface area contributed by atoms with E-state index in [0.29, 0.717) is 11.5 Å². The molecule has 1 saturated carbocycles. The van der Waals surface area contributed by atoms with E-state index in [4.69, 9.17) is 4.74 Å². The summed E-state index contributed by atoms with van der Waals surface area (Å²) >= 11 is 0. The summed E-state index contributed by atoms with van der Waals surface area (Å²) in [5, 5.41) is 6.45. The van der Waals surface area contributed by atoms with Crippen molar-refractivity contribution in [3.63, 3.8) is 0 Å². The smallest absolute Gasteiger partial charge is 0.265 e. The van der Waals surface area contributed by atoms with Gasteiger partial charge in [0.05, 0.1) is 5.69 Å². The number of carbonyl (C=O) groups excluding carboxylic acids is 1. The molecule has 1 fully saturated rings. The molecule has 1 aliphatic heterocycles. The van der Waals surface area contributed by atoms with Crippen LogP contribution in [0.15, 0.2) is 18.2 Å². The molecule has 1 aliphatic carbocycles. The van der Waals surface area contributed by atoms with Crippen LogP contribution in [0.5, 0.6) is 5.75 Å². The highest BCUT2D eigenvalue weighted by atomic mass is 16.5. The Labute approximate surface area is 119 Å². The Morgan fingerprint density at radius 3 is 2.90 bits per heavy atom. The zero-order valence-corrected chi connectivity index (χ0v) is 12.3. The van der Waals surface area contributed by atoms with E-state index in [0.717, 1.165) is 17.1 Å². The van der Waals surface area contributed by atoms with E-state index in [-0.39, 0.29) is 5.91 Å². The van der Waals surface area contributed by atoms with Crippen molar-refractivity contribution >= 4 is 17.3 Å². The maximum absolute atomic E-state index is 11.6. The second-order valence-electron chi connectivity index (χ2n) is 6.71. The quantitative estimate of drug-likeness (QED) is 0.869. The number of amides is 1. The average molecular weight is 274 g/mol. The molecule has 4 heteroatoms. The predicted molar refractivity (Wildman–Crippen MR) is 80.2 cm³/mol. The lowest BCUT2D eigenvalue weighted by atomic mass is 9.92. The van der Waals surface area contributed by atoms with Gasteiger partial charge in [-0.15, -0.1) is 0 Å². The van der Waals surface area contributed by atoms with Crippen molar-refractivity contribution in [2.24, 2.45) is 5.41 Å². The monoisotopic (exact) mass is 274 g/mol. The number of ether oxygens (including phenoxy) is 1. The number of benzene rings is 1. The Bertz CT molecular complexity index is 539. The van der Waals surface area contributed by atoms with E-state index >= 15 is 0 Å². The maximum Gasteiger partial charge on any atom is 0.265 e. The molecule has 2 unspecified atom stereocenters. The number of fused-ring (bicyclic) bond motifs is 1. The summed E-state index contributed by atoms with van der Waals surface area (Å²) in [4.78, 5) is 11.6. The van der Waals surface area contributed by atoms with Crippen molar-refractivity contribution in [2.75, 3.05) is 10.6 Å². The van der Waals surface area contributed by atoms with Crippen LogP contribution in [0.3, 0.4) is 0 Å². The molecule has 2 aliphatic rings. The molecule has 0 bridgehead atoms. The number of rotatable bonds is 2. The fraction of sp³-hybridized carbons (Fsp3) is 0.562. The van der Waals surface area contributed by atoms with Crippen LogP contribution in [0.25, 0.3) is 0 Å². The van der Waals surface area contributed by atoms with Crippen molar-refractivity contribution in [1.29, 1.82) is 0 Å². The minimum atomic E-state index is -0.419. The molecular formula is C16H22N2O2. The van der Waals surface area contributed by atoms with Gasteiger partial charge in [0.2, 0.25) is 0 Å². The first-order valence-electron chi connectivity index (χ1n) is 7.31. The van der Waals surface area contributed by atoms with E-state index in [9.17, 15) is 4.79 Å². The topological polar surface area (TPSA) is 50.4 Å². The summed E-state index contributed by atoms with van der Waals surface area (Å²) in [5.41, 5.74) is 2.23. The lowest BCUT2D eigenvalue weighted by Crippen LogP contribution is -2.34. The zero-order valence-electron chi connectivity index (χ0n) is 12.3. The van der Waals surface area contributed by atoms with Gasteiger partial charge in [-0.3, -0.25) is 4.79 Å². The standard InChI is InChI=1S/C16H22N2O2/c1-10-15(19)18-13-8-11(4-5-14(13)20-10)17-12-6-7-16(2,3)9-12/h4-5,8,10,12,17H,6-7,9H2,1-3H3,(H,18,19). The van der Waals surface area contributed by atoms with E-state index in [1.165, 1.54) is 19.3 Å². The van der Waals surface area contributed by atoms with Crippen LogP contribution in [0.2, 0.25) is 0 Å². The van der Waals surface area contributed by atoms with Crippen LogP contribution in [-0.2, 0) is 4.79 Å². The third kappa shape index (κ3) is 2.60. The van der Waals surface area contributed by atoms with Gasteiger partial charge in [0.1, 0.15) is 5.75 Å². The summed E-state index contributed by atoms with van der Waals surface area (Å²) < 4.78 is 5.56. The first-order valence-corrected chi connectivity index (χ1v) is 7.31. The minimum absolute atomic E-state index is 0.0864. The van der Waals surface area contributed by atoms with Crippen LogP contribution in [-0.4, -0.2) is 18.1 Å². The number of carbonyl (C=O) groups is 1. The Morgan fingerprint density at radius 1 is 1.40 bits per heavy atom. The molecule has 1 heterocycles. The molecule has 1 aromatic rings. The molecule has 4 nitrogen and oxygen atoms in total. The second kappa shape index (κ2) is 4.69. The van der Waals surface area contributed by atoms with Crippen LogP contribution in [0.4, 0.5) is 11.4 Å². The molecule has 20 heavy (non-hydrogen) atoms. The number of hydrogen-bond acceptors (Lipinski definition) is 3. The largest absolute Gasteiger partial charge is 0.479 e. The number of anilines is 2. The van der Waals surface area contributed by atoms with Crippen molar-refractivity contribution < 1.29 is 9.53 Å². The molecule has 0 aromatic heterocycles. The lowest BCUT2D eigenvalue weighted by Gasteiger charge is -2.24. The third-order valence-electron chi connectivity index (χ3n) is 4.25. The molecule has 3 rings (SSSR count). The Hall–Kier alpha value is -1.71. The fourth-order valence-corrected chi connectivity index (χ4v) is 3.09. The lowest BCUT2D eigenvalue weighted by molar-refractivity contribution is -0.122. The van der Waals surface area contributed by atoms with Crippen molar-refractivity contribution in [1.82, 2.24) is 0 Å². The van der Waals surface area contributed by atoms with Crippen LogP contribution in [0.1, 0.15) is 40.0 Å². The zero-order chi connectivity index (χ0) is 14.3. The Kier molecular flexibility index (Phi) is 3.11. The van der Waals surface area contributed by atoms with Gasteiger partial charge in [-0.1, -0.05) is 13.8 Å². The predicted octanol–water partition coefficient (Wildman–Crippen LogP) is 3.40. The van der Waals surface area contributed by atoms with Crippen molar-refractivity contribution in [2.45, 2.75) is 52.2 Å². The highest BCUT2D eigenvalue weighted by Crippen LogP contribution is 2.39. The molecule has 108 valence electrons.